The second-order valence-corrected chi connectivity index (χ2v) is 11.2. The Labute approximate surface area is 145 Å². The van der Waals surface area contributed by atoms with E-state index in [-0.39, 0.29) is 12.1 Å². The molecular weight excluding hydrogens is 345 g/mol. The first kappa shape index (κ1) is 19.9. The summed E-state index contributed by atoms with van der Waals surface area (Å²) >= 11 is 0. The van der Waals surface area contributed by atoms with Crippen molar-refractivity contribution in [2.24, 2.45) is 5.73 Å². The molecule has 0 radical (unpaired) electrons. The summed E-state index contributed by atoms with van der Waals surface area (Å²) in [5.74, 6) is 0. The smallest absolute Gasteiger partial charge is 0.330 e. The fourth-order valence-corrected chi connectivity index (χ4v) is 3.63. The molecule has 25 heavy (non-hydrogen) atoms. The molecule has 5 N–H and O–H groups in total. The van der Waals surface area contributed by atoms with Crippen LogP contribution in [0.3, 0.4) is 0 Å². The van der Waals surface area contributed by atoms with Crippen LogP contribution in [0.5, 0.6) is 0 Å². The van der Waals surface area contributed by atoms with Crippen LogP contribution >= 0.6 is 6.89 Å². The van der Waals surface area contributed by atoms with E-state index < -0.39 is 42.7 Å². The van der Waals surface area contributed by atoms with E-state index in [1.807, 2.05) is 0 Å². The minimum absolute atomic E-state index is 0.212. The molecule has 0 aromatic carbocycles. The Kier molecular flexibility index (Phi) is 6.24. The summed E-state index contributed by atoms with van der Waals surface area (Å²) in [4.78, 5) is 26.1. The molecular formula is C16H26N3O5P. The first-order chi connectivity index (χ1) is 11.6. The van der Waals surface area contributed by atoms with Gasteiger partial charge in [-0.25, -0.2) is 4.79 Å². The van der Waals surface area contributed by atoms with E-state index >= 15 is 0 Å². The standard InChI is InChI=1S/C16H26N3O5P/c1-25(2,3)8-6-11-12(20)13(21)15(24-11)19-9-10(5-4-7-17)14(22)18-16(19)23/h4-5,9,11-13,15,20-21H,1,6-8,17H2,2-3H3,(H,18,22,23)/b5-4+/t11-,12-,13-,15?/m1/s1. The number of nitrogens with zero attached hydrogens (tertiary/aromatic N) is 1. The van der Waals surface area contributed by atoms with Crippen molar-refractivity contribution in [3.05, 3.63) is 38.7 Å². The molecule has 0 spiro atoms. The highest BCUT2D eigenvalue weighted by molar-refractivity contribution is 7.72. The number of aromatic nitrogens is 2. The maximum atomic E-state index is 12.1. The number of nitrogens with two attached hydrogens (primary N) is 1. The van der Waals surface area contributed by atoms with Crippen molar-refractivity contribution >= 4 is 19.3 Å². The van der Waals surface area contributed by atoms with Crippen LogP contribution in [0.1, 0.15) is 18.2 Å². The van der Waals surface area contributed by atoms with Crippen LogP contribution in [-0.4, -0.2) is 70.4 Å². The monoisotopic (exact) mass is 371 g/mol. The molecule has 1 unspecified atom stereocenters. The van der Waals surface area contributed by atoms with E-state index in [0.29, 0.717) is 6.42 Å². The molecule has 140 valence electrons. The minimum atomic E-state index is -1.30. The molecule has 1 fully saturated rings. The van der Waals surface area contributed by atoms with Crippen LogP contribution in [0.4, 0.5) is 0 Å². The highest BCUT2D eigenvalue weighted by Gasteiger charge is 2.43. The van der Waals surface area contributed by atoms with Gasteiger partial charge < -0.3 is 20.7 Å². The molecule has 1 aromatic rings. The van der Waals surface area contributed by atoms with Crippen LogP contribution in [0.15, 0.2) is 21.9 Å². The summed E-state index contributed by atoms with van der Waals surface area (Å²) < 4.78 is 6.82. The van der Waals surface area contributed by atoms with E-state index in [2.05, 4.69) is 24.6 Å². The van der Waals surface area contributed by atoms with Gasteiger partial charge >= 0.3 is 5.69 Å². The number of hydrogen-bond acceptors (Lipinski definition) is 6. The second kappa shape index (κ2) is 7.85. The fraction of sp³-hybridized carbons (Fsp3) is 0.562. The maximum Gasteiger partial charge on any atom is 0.330 e. The number of H-pyrrole nitrogens is 1. The average molecular weight is 371 g/mol. The summed E-state index contributed by atoms with van der Waals surface area (Å²) in [5, 5.41) is 20.5. The predicted octanol–water partition coefficient (Wildman–Crippen LogP) is -0.773. The molecule has 0 amide bonds. The van der Waals surface area contributed by atoms with E-state index in [4.69, 9.17) is 10.5 Å². The summed E-state index contributed by atoms with van der Waals surface area (Å²) in [5.41, 5.74) is 4.32. The van der Waals surface area contributed by atoms with Gasteiger partial charge in [-0.2, -0.15) is 0 Å². The molecule has 1 saturated heterocycles. The summed E-state index contributed by atoms with van der Waals surface area (Å²) in [7, 11) is 0. The molecule has 0 bridgehead atoms. The Morgan fingerprint density at radius 1 is 1.40 bits per heavy atom. The molecule has 9 heteroatoms. The fourth-order valence-electron chi connectivity index (χ4n) is 2.68. The van der Waals surface area contributed by atoms with Crippen molar-refractivity contribution in [3.63, 3.8) is 0 Å². The Balaban J connectivity index is 2.29. The molecule has 1 aliphatic rings. The number of aromatic amines is 1. The number of nitrogens with one attached hydrogen (secondary N) is 1. The first-order valence-corrected chi connectivity index (χ1v) is 11.1. The third-order valence-electron chi connectivity index (χ3n) is 4.06. The van der Waals surface area contributed by atoms with Gasteiger partial charge in [-0.05, 0) is 25.9 Å². The van der Waals surface area contributed by atoms with Crippen molar-refractivity contribution < 1.29 is 14.9 Å². The molecule has 2 heterocycles. The highest BCUT2D eigenvalue weighted by atomic mass is 31.2. The molecule has 0 saturated carbocycles. The predicted molar refractivity (Wildman–Crippen MR) is 101 cm³/mol. The van der Waals surface area contributed by atoms with Crippen LogP contribution in [0, 0.1) is 0 Å². The zero-order chi connectivity index (χ0) is 18.8. The largest absolute Gasteiger partial charge is 0.388 e. The lowest BCUT2D eigenvalue weighted by molar-refractivity contribution is -0.0402. The maximum absolute atomic E-state index is 12.1. The lowest BCUT2D eigenvalue weighted by Crippen LogP contribution is -2.38. The van der Waals surface area contributed by atoms with Crippen LogP contribution < -0.4 is 17.0 Å². The molecule has 2 rings (SSSR count). The van der Waals surface area contributed by atoms with Gasteiger partial charge in [0, 0.05) is 12.7 Å². The molecule has 4 atom stereocenters. The zero-order valence-electron chi connectivity index (χ0n) is 14.5. The van der Waals surface area contributed by atoms with Crippen molar-refractivity contribution in [1.29, 1.82) is 0 Å². The van der Waals surface area contributed by atoms with Crippen molar-refractivity contribution in [3.8, 4) is 0 Å². The Morgan fingerprint density at radius 3 is 2.68 bits per heavy atom. The van der Waals surface area contributed by atoms with Gasteiger partial charge in [0.1, 0.15) is 12.2 Å². The normalized spacial score (nSPS) is 27.2. The van der Waals surface area contributed by atoms with Gasteiger partial charge in [0.05, 0.1) is 11.7 Å². The lowest BCUT2D eigenvalue weighted by Gasteiger charge is -2.19. The highest BCUT2D eigenvalue weighted by Crippen LogP contribution is 2.39. The van der Waals surface area contributed by atoms with Gasteiger partial charge in [-0.3, -0.25) is 14.3 Å². The zero-order valence-corrected chi connectivity index (χ0v) is 15.4. The van der Waals surface area contributed by atoms with Gasteiger partial charge in [0.25, 0.3) is 5.56 Å². The lowest BCUT2D eigenvalue weighted by atomic mass is 10.1. The summed E-state index contributed by atoms with van der Waals surface area (Å²) in [6, 6.07) is 0. The van der Waals surface area contributed by atoms with E-state index in [1.165, 1.54) is 12.3 Å². The van der Waals surface area contributed by atoms with Gasteiger partial charge in [0.2, 0.25) is 0 Å². The molecule has 0 aliphatic carbocycles. The third-order valence-corrected chi connectivity index (χ3v) is 5.53. The Hall–Kier alpha value is -1.44. The van der Waals surface area contributed by atoms with Crippen LogP contribution in [0.2, 0.25) is 0 Å². The number of ether oxygens (including phenoxy) is 1. The topological polar surface area (TPSA) is 131 Å². The van der Waals surface area contributed by atoms with E-state index in [0.717, 1.165) is 10.7 Å². The Morgan fingerprint density at radius 2 is 2.08 bits per heavy atom. The van der Waals surface area contributed by atoms with Crippen LogP contribution in [-0.2, 0) is 4.74 Å². The number of aliphatic hydroxyl groups excluding tert-OH is 2. The van der Waals surface area contributed by atoms with Gasteiger partial charge in [-0.15, -0.1) is 13.2 Å². The molecule has 1 aromatic heterocycles. The van der Waals surface area contributed by atoms with Crippen LogP contribution in [0.25, 0.3) is 6.08 Å². The summed E-state index contributed by atoms with van der Waals surface area (Å²) in [6.45, 7) is 3.09. The van der Waals surface area contributed by atoms with Crippen molar-refractivity contribution in [2.45, 2.75) is 31.0 Å². The number of aliphatic hydroxyl groups is 2. The summed E-state index contributed by atoms with van der Waals surface area (Å²) in [6.07, 6.45) is 5.76. The van der Waals surface area contributed by atoms with E-state index in [1.54, 1.807) is 6.08 Å². The van der Waals surface area contributed by atoms with Gasteiger partial charge in [-0.1, -0.05) is 12.2 Å². The third kappa shape index (κ3) is 4.80. The minimum Gasteiger partial charge on any atom is -0.388 e. The number of hydrogen-bond donors (Lipinski definition) is 4. The Bertz CT molecular complexity index is 794. The van der Waals surface area contributed by atoms with Crippen molar-refractivity contribution in [1.82, 2.24) is 9.55 Å². The second-order valence-electron chi connectivity index (χ2n) is 6.88. The first-order valence-electron chi connectivity index (χ1n) is 8.05. The molecule has 1 aliphatic heterocycles. The number of rotatable bonds is 6. The van der Waals surface area contributed by atoms with Gasteiger partial charge in [0.15, 0.2) is 6.23 Å². The SMILES string of the molecule is C=P(C)(C)CC[C@H]1OC(n2cc(/C=C/CN)c(=O)[nH]c2=O)[C@H](O)[C@@H]1O. The average Bonchev–Trinajstić information content (AvgIpc) is 2.80. The van der Waals surface area contributed by atoms with Crippen molar-refractivity contribution in [2.75, 3.05) is 26.0 Å². The van der Waals surface area contributed by atoms with E-state index in [9.17, 15) is 19.8 Å². The quantitative estimate of drug-likeness (QED) is 0.486. The molecule has 8 nitrogen and oxygen atoms in total.